The minimum Gasteiger partial charge on any atom is -0.356 e. The first-order valence-corrected chi connectivity index (χ1v) is 9.60. The third-order valence-corrected chi connectivity index (χ3v) is 5.95. The summed E-state index contributed by atoms with van der Waals surface area (Å²) in [6.07, 6.45) is 3.46. The molecule has 1 aromatic carbocycles. The van der Waals surface area contributed by atoms with Crippen molar-refractivity contribution in [3.63, 3.8) is 0 Å². The average molecular weight is 367 g/mol. The highest BCUT2D eigenvalue weighted by Gasteiger charge is 2.28. The molecule has 0 saturated carbocycles. The standard InChI is InChI=1S/C19H21N5OS/c1-13-11-17(21-12-20-13)23(2)14-7-9-24(10-8-14)19(25)18-22-15-5-3-4-6-16(15)26-18/h3-6,11-12,14H,7-10H2,1-2H3. The van der Waals surface area contributed by atoms with Gasteiger partial charge in [0.25, 0.3) is 5.91 Å². The Labute approximate surface area is 156 Å². The lowest BCUT2D eigenvalue weighted by atomic mass is 10.0. The van der Waals surface area contributed by atoms with E-state index in [1.54, 1.807) is 6.33 Å². The van der Waals surface area contributed by atoms with E-state index in [0.717, 1.165) is 47.7 Å². The molecule has 0 unspecified atom stereocenters. The molecule has 0 radical (unpaired) electrons. The number of anilines is 1. The minimum atomic E-state index is 0.0465. The summed E-state index contributed by atoms with van der Waals surface area (Å²) in [5, 5.41) is 0.587. The molecule has 3 aromatic rings. The molecule has 4 rings (SSSR count). The molecule has 0 N–H and O–H groups in total. The van der Waals surface area contributed by atoms with Crippen LogP contribution in [-0.4, -0.2) is 51.9 Å². The van der Waals surface area contributed by atoms with Gasteiger partial charge in [-0.15, -0.1) is 11.3 Å². The number of aryl methyl sites for hydroxylation is 1. The zero-order chi connectivity index (χ0) is 18.1. The molecule has 1 aliphatic heterocycles. The van der Waals surface area contributed by atoms with Gasteiger partial charge >= 0.3 is 0 Å². The fourth-order valence-electron chi connectivity index (χ4n) is 3.38. The van der Waals surface area contributed by atoms with E-state index >= 15 is 0 Å². The molecule has 1 saturated heterocycles. The van der Waals surface area contributed by atoms with E-state index < -0.39 is 0 Å². The summed E-state index contributed by atoms with van der Waals surface area (Å²) in [6.45, 7) is 3.46. The van der Waals surface area contributed by atoms with Crippen molar-refractivity contribution in [2.45, 2.75) is 25.8 Å². The summed E-state index contributed by atoms with van der Waals surface area (Å²) in [5.74, 6) is 0.985. The number of hydrogen-bond donors (Lipinski definition) is 0. The van der Waals surface area contributed by atoms with Crippen LogP contribution >= 0.6 is 11.3 Å². The van der Waals surface area contributed by atoms with Crippen molar-refractivity contribution >= 4 is 33.3 Å². The third-order valence-electron chi connectivity index (χ3n) is 4.93. The summed E-state index contributed by atoms with van der Waals surface area (Å²) in [4.78, 5) is 30.0. The monoisotopic (exact) mass is 367 g/mol. The molecule has 0 aliphatic carbocycles. The molecule has 1 fully saturated rings. The number of thiazole rings is 1. The van der Waals surface area contributed by atoms with Gasteiger partial charge in [-0.25, -0.2) is 15.0 Å². The molecule has 0 spiro atoms. The van der Waals surface area contributed by atoms with Gasteiger partial charge in [0.05, 0.1) is 10.2 Å². The molecule has 1 aliphatic rings. The van der Waals surface area contributed by atoms with Crippen molar-refractivity contribution in [2.75, 3.05) is 25.0 Å². The molecule has 0 bridgehead atoms. The van der Waals surface area contributed by atoms with Gasteiger partial charge in [0.2, 0.25) is 0 Å². The number of fused-ring (bicyclic) bond motifs is 1. The Hall–Kier alpha value is -2.54. The Morgan fingerprint density at radius 3 is 2.73 bits per heavy atom. The van der Waals surface area contributed by atoms with Gasteiger partial charge in [0, 0.05) is 37.9 Å². The average Bonchev–Trinajstić information content (AvgIpc) is 3.11. The molecule has 3 heterocycles. The first-order valence-electron chi connectivity index (χ1n) is 8.78. The second-order valence-corrected chi connectivity index (χ2v) is 7.67. The molecular formula is C19H21N5OS. The number of likely N-dealkylation sites (tertiary alicyclic amines) is 1. The van der Waals surface area contributed by atoms with Crippen molar-refractivity contribution in [1.82, 2.24) is 19.9 Å². The Morgan fingerprint density at radius 2 is 2.00 bits per heavy atom. The van der Waals surface area contributed by atoms with Crippen LogP contribution in [0.2, 0.25) is 0 Å². The van der Waals surface area contributed by atoms with Crippen molar-refractivity contribution in [3.8, 4) is 0 Å². The molecule has 134 valence electrons. The number of benzene rings is 1. The Kier molecular flexibility index (Phi) is 4.55. The molecule has 26 heavy (non-hydrogen) atoms. The summed E-state index contributed by atoms with van der Waals surface area (Å²) < 4.78 is 1.06. The van der Waals surface area contributed by atoms with E-state index in [4.69, 9.17) is 0 Å². The van der Waals surface area contributed by atoms with Gasteiger partial charge in [-0.3, -0.25) is 4.79 Å². The van der Waals surface area contributed by atoms with Crippen molar-refractivity contribution in [3.05, 3.63) is 47.4 Å². The van der Waals surface area contributed by atoms with Crippen molar-refractivity contribution < 1.29 is 4.79 Å². The van der Waals surface area contributed by atoms with Gasteiger partial charge in [0.1, 0.15) is 12.1 Å². The van der Waals surface area contributed by atoms with Gasteiger partial charge < -0.3 is 9.80 Å². The molecule has 1 amide bonds. The number of amides is 1. The number of para-hydroxylation sites is 1. The van der Waals surface area contributed by atoms with Crippen molar-refractivity contribution in [1.29, 1.82) is 0 Å². The highest BCUT2D eigenvalue weighted by Crippen LogP contribution is 2.25. The van der Waals surface area contributed by atoms with Crippen LogP contribution in [0.15, 0.2) is 36.7 Å². The Balaban J connectivity index is 1.42. The maximum Gasteiger partial charge on any atom is 0.282 e. The fourth-order valence-corrected chi connectivity index (χ4v) is 4.31. The van der Waals surface area contributed by atoms with Gasteiger partial charge in [-0.2, -0.15) is 0 Å². The zero-order valence-corrected chi connectivity index (χ0v) is 15.7. The number of nitrogens with zero attached hydrogens (tertiary/aromatic N) is 5. The number of piperidine rings is 1. The lowest BCUT2D eigenvalue weighted by Crippen LogP contribution is -2.45. The normalized spacial score (nSPS) is 15.4. The SMILES string of the molecule is Cc1cc(N(C)C2CCN(C(=O)c3nc4ccccc4s3)CC2)ncn1. The van der Waals surface area contributed by atoms with Crippen LogP contribution in [0, 0.1) is 6.92 Å². The first kappa shape index (κ1) is 16.9. The largest absolute Gasteiger partial charge is 0.356 e. The molecule has 0 atom stereocenters. The van der Waals surface area contributed by atoms with Crippen LogP contribution < -0.4 is 4.90 Å². The molecule has 2 aromatic heterocycles. The van der Waals surface area contributed by atoms with E-state index in [-0.39, 0.29) is 5.91 Å². The second-order valence-electron chi connectivity index (χ2n) is 6.64. The second kappa shape index (κ2) is 6.99. The molecular weight excluding hydrogens is 346 g/mol. The van der Waals surface area contributed by atoms with Crippen LogP contribution in [0.1, 0.15) is 28.3 Å². The predicted octanol–water partition coefficient (Wildman–Crippen LogP) is 3.14. The summed E-state index contributed by atoms with van der Waals surface area (Å²) in [6, 6.07) is 10.3. The van der Waals surface area contributed by atoms with E-state index in [9.17, 15) is 4.79 Å². The first-order chi connectivity index (χ1) is 12.6. The fraction of sp³-hybridized carbons (Fsp3) is 0.368. The van der Waals surface area contributed by atoms with E-state index in [0.29, 0.717) is 11.0 Å². The number of aromatic nitrogens is 3. The Bertz CT molecular complexity index is 899. The predicted molar refractivity (Wildman–Crippen MR) is 104 cm³/mol. The number of carbonyl (C=O) groups excluding carboxylic acids is 1. The number of hydrogen-bond acceptors (Lipinski definition) is 6. The van der Waals surface area contributed by atoms with E-state index in [1.807, 2.05) is 42.2 Å². The maximum absolute atomic E-state index is 12.8. The smallest absolute Gasteiger partial charge is 0.282 e. The van der Waals surface area contributed by atoms with E-state index in [1.165, 1.54) is 11.3 Å². The lowest BCUT2D eigenvalue weighted by Gasteiger charge is -2.37. The van der Waals surface area contributed by atoms with Crippen LogP contribution in [0.3, 0.4) is 0 Å². The molecule has 7 heteroatoms. The van der Waals surface area contributed by atoms with Gasteiger partial charge in [-0.05, 0) is 31.9 Å². The highest BCUT2D eigenvalue weighted by atomic mass is 32.1. The third kappa shape index (κ3) is 3.26. The number of carbonyl (C=O) groups is 1. The molecule has 6 nitrogen and oxygen atoms in total. The van der Waals surface area contributed by atoms with Gasteiger partial charge in [-0.1, -0.05) is 12.1 Å². The lowest BCUT2D eigenvalue weighted by molar-refractivity contribution is 0.0713. The highest BCUT2D eigenvalue weighted by molar-refractivity contribution is 7.20. The number of rotatable bonds is 3. The van der Waals surface area contributed by atoms with Gasteiger partial charge in [0.15, 0.2) is 5.01 Å². The van der Waals surface area contributed by atoms with Crippen molar-refractivity contribution in [2.24, 2.45) is 0 Å². The Morgan fingerprint density at radius 1 is 1.23 bits per heavy atom. The summed E-state index contributed by atoms with van der Waals surface area (Å²) in [7, 11) is 2.07. The minimum absolute atomic E-state index is 0.0465. The van der Waals surface area contributed by atoms with Crippen LogP contribution in [-0.2, 0) is 0 Å². The summed E-state index contributed by atoms with van der Waals surface area (Å²) in [5.41, 5.74) is 1.86. The summed E-state index contributed by atoms with van der Waals surface area (Å²) >= 11 is 1.47. The van der Waals surface area contributed by atoms with Crippen LogP contribution in [0.5, 0.6) is 0 Å². The quantitative estimate of drug-likeness (QED) is 0.712. The topological polar surface area (TPSA) is 62.2 Å². The van der Waals surface area contributed by atoms with Crippen LogP contribution in [0.4, 0.5) is 5.82 Å². The maximum atomic E-state index is 12.8. The van der Waals surface area contributed by atoms with Crippen LogP contribution in [0.25, 0.3) is 10.2 Å². The zero-order valence-electron chi connectivity index (χ0n) is 14.9. The van der Waals surface area contributed by atoms with E-state index in [2.05, 4.69) is 26.9 Å².